The van der Waals surface area contributed by atoms with E-state index in [9.17, 15) is 24.3 Å². The topological polar surface area (TPSA) is 153 Å². The second kappa shape index (κ2) is 12.2. The van der Waals surface area contributed by atoms with Crippen LogP contribution < -0.4 is 16.0 Å². The molecule has 0 radical (unpaired) electrons. The number of hydrogen-bond donors (Lipinski definition) is 5. The molecule has 194 valence electrons. The fourth-order valence-electron chi connectivity index (χ4n) is 4.50. The van der Waals surface area contributed by atoms with Gasteiger partial charge in [-0.2, -0.15) is 0 Å². The number of carbonyl (C=O) groups is 4. The van der Waals surface area contributed by atoms with E-state index in [-0.39, 0.29) is 30.1 Å². The number of nitrogens with zero attached hydrogens (tertiary/aromatic N) is 1. The van der Waals surface area contributed by atoms with Crippen LogP contribution in [0.1, 0.15) is 64.2 Å². The summed E-state index contributed by atoms with van der Waals surface area (Å²) in [5, 5.41) is 18.6. The first kappa shape index (κ1) is 25.9. The van der Waals surface area contributed by atoms with Crippen LogP contribution in [-0.4, -0.2) is 58.3 Å². The highest BCUT2D eigenvalue weighted by atomic mass is 16.4. The number of pyridine rings is 1. The van der Waals surface area contributed by atoms with Gasteiger partial charge in [0.05, 0.1) is 5.56 Å². The molecule has 2 amide bonds. The predicted molar refractivity (Wildman–Crippen MR) is 139 cm³/mol. The molecule has 2 aromatic heterocycles. The van der Waals surface area contributed by atoms with Crippen LogP contribution in [0.2, 0.25) is 0 Å². The number of aromatic nitrogens is 2. The molecule has 0 bridgehead atoms. The minimum Gasteiger partial charge on any atom is -0.480 e. The third kappa shape index (κ3) is 6.52. The molecule has 1 aliphatic rings. The molecular formula is C27H31N5O5. The zero-order valence-electron chi connectivity index (χ0n) is 20.5. The number of para-hydroxylation sites is 1. The zero-order chi connectivity index (χ0) is 26.2. The van der Waals surface area contributed by atoms with Gasteiger partial charge in [-0.25, -0.2) is 9.78 Å². The Bertz CT molecular complexity index is 1300. The molecule has 0 saturated heterocycles. The van der Waals surface area contributed by atoms with Crippen LogP contribution in [0.5, 0.6) is 0 Å². The van der Waals surface area contributed by atoms with Gasteiger partial charge in [-0.15, -0.1) is 0 Å². The average Bonchev–Trinajstić information content (AvgIpc) is 3.29. The smallest absolute Gasteiger partial charge is 0.326 e. The first-order valence-electron chi connectivity index (χ1n) is 12.5. The molecule has 37 heavy (non-hydrogen) atoms. The molecule has 1 atom stereocenters. The lowest BCUT2D eigenvalue weighted by Crippen LogP contribution is -2.43. The number of anilines is 1. The third-order valence-corrected chi connectivity index (χ3v) is 6.49. The average molecular weight is 506 g/mol. The highest BCUT2D eigenvalue weighted by Gasteiger charge is 2.24. The van der Waals surface area contributed by atoms with Gasteiger partial charge in [0.1, 0.15) is 17.6 Å². The molecule has 1 unspecified atom stereocenters. The number of aromatic amines is 1. The Kier molecular flexibility index (Phi) is 8.50. The standard InChI is InChI=1S/C27H31N5O5/c33-16-20-19-8-2-3-9-21(19)31-24(20)26(35)32-22(27(36)37)13-15-28-23(34)10-4-1-7-18-12-11-17-6-5-14-29-25(17)30-18/h2-3,8-9,11-12,16,22,31H,1,4-7,10,13-15H2,(H,28,34)(H,29,30)(H,32,35)(H,36,37). The van der Waals surface area contributed by atoms with Crippen molar-refractivity contribution in [2.45, 2.75) is 51.0 Å². The third-order valence-electron chi connectivity index (χ3n) is 6.49. The van der Waals surface area contributed by atoms with Crippen molar-refractivity contribution in [1.29, 1.82) is 0 Å². The summed E-state index contributed by atoms with van der Waals surface area (Å²) in [7, 11) is 0. The highest BCUT2D eigenvalue weighted by Crippen LogP contribution is 2.21. The molecule has 3 aromatic rings. The maximum absolute atomic E-state index is 12.7. The Labute approximate surface area is 214 Å². The molecule has 10 nitrogen and oxygen atoms in total. The molecule has 0 spiro atoms. The molecule has 0 fully saturated rings. The lowest BCUT2D eigenvalue weighted by atomic mass is 10.1. The van der Waals surface area contributed by atoms with Crippen molar-refractivity contribution in [3.63, 3.8) is 0 Å². The molecule has 0 saturated carbocycles. The van der Waals surface area contributed by atoms with Gasteiger partial charge in [0.15, 0.2) is 6.29 Å². The largest absolute Gasteiger partial charge is 0.480 e. The zero-order valence-corrected chi connectivity index (χ0v) is 20.5. The van der Waals surface area contributed by atoms with Crippen molar-refractivity contribution < 1.29 is 24.3 Å². The number of carbonyl (C=O) groups excluding carboxylic acids is 3. The van der Waals surface area contributed by atoms with Crippen LogP contribution in [0.25, 0.3) is 10.9 Å². The summed E-state index contributed by atoms with van der Waals surface area (Å²) >= 11 is 0. The number of nitrogens with one attached hydrogen (secondary N) is 4. The molecule has 1 aromatic carbocycles. The Balaban J connectivity index is 1.20. The Hall–Kier alpha value is -4.21. The number of H-pyrrole nitrogens is 1. The van der Waals surface area contributed by atoms with E-state index in [1.54, 1.807) is 24.3 Å². The second-order valence-electron chi connectivity index (χ2n) is 9.13. The van der Waals surface area contributed by atoms with E-state index in [2.05, 4.69) is 32.0 Å². The minimum absolute atomic E-state index is 0.00943. The summed E-state index contributed by atoms with van der Waals surface area (Å²) in [5.41, 5.74) is 3.04. The summed E-state index contributed by atoms with van der Waals surface area (Å²) in [6.45, 7) is 1.04. The predicted octanol–water partition coefficient (Wildman–Crippen LogP) is 2.84. The Morgan fingerprint density at radius 3 is 2.78 bits per heavy atom. The number of fused-ring (bicyclic) bond motifs is 2. The number of rotatable bonds is 12. The van der Waals surface area contributed by atoms with Gasteiger partial charge in [0.25, 0.3) is 5.91 Å². The summed E-state index contributed by atoms with van der Waals surface area (Å²) in [4.78, 5) is 55.7. The van der Waals surface area contributed by atoms with Gasteiger partial charge in [-0.1, -0.05) is 24.3 Å². The normalized spacial score (nSPS) is 13.3. The van der Waals surface area contributed by atoms with Crippen LogP contribution in [0.15, 0.2) is 36.4 Å². The molecular weight excluding hydrogens is 474 g/mol. The van der Waals surface area contributed by atoms with Crippen molar-refractivity contribution in [2.75, 3.05) is 18.4 Å². The Morgan fingerprint density at radius 1 is 1.14 bits per heavy atom. The van der Waals surface area contributed by atoms with E-state index in [1.807, 2.05) is 6.07 Å². The highest BCUT2D eigenvalue weighted by molar-refractivity contribution is 6.10. The van der Waals surface area contributed by atoms with Crippen LogP contribution in [0.4, 0.5) is 5.82 Å². The van der Waals surface area contributed by atoms with E-state index in [0.717, 1.165) is 43.7 Å². The number of benzene rings is 1. The SMILES string of the molecule is O=Cc1c(C(=O)NC(CCNC(=O)CCCCc2ccc3c(n2)NCCC3)C(=O)O)[nH]c2ccccc12. The maximum atomic E-state index is 12.7. The molecule has 4 rings (SSSR count). The molecule has 0 aliphatic carbocycles. The summed E-state index contributed by atoms with van der Waals surface area (Å²) in [5.74, 6) is -1.12. The van der Waals surface area contributed by atoms with Crippen LogP contribution >= 0.6 is 0 Å². The molecule has 1 aliphatic heterocycles. The molecule has 10 heteroatoms. The lowest BCUT2D eigenvalue weighted by Gasteiger charge is -2.17. The number of hydrogen-bond acceptors (Lipinski definition) is 6. The Morgan fingerprint density at radius 2 is 1.97 bits per heavy atom. The van der Waals surface area contributed by atoms with Crippen molar-refractivity contribution in [3.05, 3.63) is 58.9 Å². The van der Waals surface area contributed by atoms with Crippen LogP contribution in [0.3, 0.4) is 0 Å². The van der Waals surface area contributed by atoms with E-state index in [0.29, 0.717) is 30.0 Å². The number of aliphatic carboxylic acids is 1. The monoisotopic (exact) mass is 505 g/mol. The van der Waals surface area contributed by atoms with Crippen LogP contribution in [0, 0.1) is 0 Å². The number of unbranched alkanes of at least 4 members (excludes halogenated alkanes) is 1. The van der Waals surface area contributed by atoms with Crippen LogP contribution in [-0.2, 0) is 22.4 Å². The summed E-state index contributed by atoms with van der Waals surface area (Å²) in [6, 6.07) is 9.88. The van der Waals surface area contributed by atoms with Gasteiger partial charge in [-0.3, -0.25) is 14.4 Å². The number of amides is 2. The quantitative estimate of drug-likeness (QED) is 0.187. The summed E-state index contributed by atoms with van der Waals surface area (Å²) in [6.07, 6.45) is 5.36. The first-order valence-corrected chi connectivity index (χ1v) is 12.5. The van der Waals surface area contributed by atoms with Crippen molar-refractivity contribution in [3.8, 4) is 0 Å². The van der Waals surface area contributed by atoms with Gasteiger partial charge >= 0.3 is 5.97 Å². The van der Waals surface area contributed by atoms with Crippen molar-refractivity contribution in [2.24, 2.45) is 0 Å². The number of aldehydes is 1. The second-order valence-corrected chi connectivity index (χ2v) is 9.13. The molecule has 3 heterocycles. The number of aryl methyl sites for hydroxylation is 2. The summed E-state index contributed by atoms with van der Waals surface area (Å²) < 4.78 is 0. The fourth-order valence-corrected chi connectivity index (χ4v) is 4.50. The fraction of sp³-hybridized carbons (Fsp3) is 0.370. The van der Waals surface area contributed by atoms with E-state index in [1.165, 1.54) is 5.56 Å². The van der Waals surface area contributed by atoms with Gasteiger partial charge in [0.2, 0.25) is 5.91 Å². The van der Waals surface area contributed by atoms with Gasteiger partial charge in [-0.05, 0) is 56.2 Å². The minimum atomic E-state index is -1.22. The van der Waals surface area contributed by atoms with Crippen molar-refractivity contribution >= 4 is 40.8 Å². The van der Waals surface area contributed by atoms with E-state index in [4.69, 9.17) is 0 Å². The van der Waals surface area contributed by atoms with Crippen molar-refractivity contribution in [1.82, 2.24) is 20.6 Å². The first-order chi connectivity index (χ1) is 18.0. The van der Waals surface area contributed by atoms with Gasteiger partial charge < -0.3 is 26.0 Å². The van der Waals surface area contributed by atoms with E-state index >= 15 is 0 Å². The number of carboxylic acid groups (broad SMARTS) is 1. The van der Waals surface area contributed by atoms with Gasteiger partial charge in [0, 0.05) is 36.1 Å². The number of carboxylic acids is 1. The van der Waals surface area contributed by atoms with E-state index < -0.39 is 17.9 Å². The lowest BCUT2D eigenvalue weighted by molar-refractivity contribution is -0.139. The molecule has 5 N–H and O–H groups in total. The maximum Gasteiger partial charge on any atom is 0.326 e.